The SMILES string of the molecule is CC(=O)N(CC(=O)NCC1CCCO1)c1cccc(C)c1C. The van der Waals surface area contributed by atoms with Gasteiger partial charge in [-0.25, -0.2) is 0 Å². The molecule has 5 heteroatoms. The van der Waals surface area contributed by atoms with Gasteiger partial charge in [-0.15, -0.1) is 0 Å². The minimum atomic E-state index is -0.161. The number of aryl methyl sites for hydroxylation is 1. The molecule has 2 rings (SSSR count). The molecule has 22 heavy (non-hydrogen) atoms. The van der Waals surface area contributed by atoms with E-state index in [9.17, 15) is 9.59 Å². The zero-order chi connectivity index (χ0) is 16.1. The molecule has 1 aliphatic heterocycles. The fourth-order valence-electron chi connectivity index (χ4n) is 2.63. The predicted molar refractivity (Wildman–Crippen MR) is 85.9 cm³/mol. The van der Waals surface area contributed by atoms with Crippen molar-refractivity contribution in [3.8, 4) is 0 Å². The van der Waals surface area contributed by atoms with E-state index in [-0.39, 0.29) is 24.5 Å². The first-order valence-corrected chi connectivity index (χ1v) is 7.71. The van der Waals surface area contributed by atoms with Gasteiger partial charge in [-0.1, -0.05) is 12.1 Å². The molecular formula is C17H24N2O3. The van der Waals surface area contributed by atoms with Crippen molar-refractivity contribution in [3.63, 3.8) is 0 Å². The Morgan fingerprint density at radius 3 is 2.77 bits per heavy atom. The third kappa shape index (κ3) is 4.07. The van der Waals surface area contributed by atoms with Gasteiger partial charge in [-0.2, -0.15) is 0 Å². The highest BCUT2D eigenvalue weighted by molar-refractivity contribution is 5.98. The van der Waals surface area contributed by atoms with E-state index in [1.807, 2.05) is 32.0 Å². The summed E-state index contributed by atoms with van der Waals surface area (Å²) in [7, 11) is 0. The van der Waals surface area contributed by atoms with Crippen molar-refractivity contribution in [2.75, 3.05) is 24.6 Å². The molecule has 1 atom stereocenters. The van der Waals surface area contributed by atoms with Crippen molar-refractivity contribution in [2.24, 2.45) is 0 Å². The second-order valence-electron chi connectivity index (χ2n) is 5.76. The number of nitrogens with one attached hydrogen (secondary N) is 1. The number of hydrogen-bond donors (Lipinski definition) is 1. The molecule has 0 radical (unpaired) electrons. The van der Waals surface area contributed by atoms with Gasteiger partial charge >= 0.3 is 0 Å². The maximum Gasteiger partial charge on any atom is 0.240 e. The van der Waals surface area contributed by atoms with E-state index >= 15 is 0 Å². The highest BCUT2D eigenvalue weighted by Crippen LogP contribution is 2.22. The van der Waals surface area contributed by atoms with Gasteiger partial charge in [0.05, 0.1) is 6.10 Å². The van der Waals surface area contributed by atoms with E-state index in [1.54, 1.807) is 0 Å². The Morgan fingerprint density at radius 2 is 2.14 bits per heavy atom. The van der Waals surface area contributed by atoms with Crippen molar-refractivity contribution in [2.45, 2.75) is 39.7 Å². The number of anilines is 1. The summed E-state index contributed by atoms with van der Waals surface area (Å²) >= 11 is 0. The molecule has 1 aliphatic rings. The molecule has 0 bridgehead atoms. The van der Waals surface area contributed by atoms with Gasteiger partial charge in [0.25, 0.3) is 0 Å². The lowest BCUT2D eigenvalue weighted by Crippen LogP contribution is -2.42. The Morgan fingerprint density at radius 1 is 1.36 bits per heavy atom. The summed E-state index contributed by atoms with van der Waals surface area (Å²) in [6, 6.07) is 5.77. The average Bonchev–Trinajstić information content (AvgIpc) is 2.99. The second kappa shape index (κ2) is 7.40. The van der Waals surface area contributed by atoms with E-state index in [1.165, 1.54) is 11.8 Å². The monoisotopic (exact) mass is 304 g/mol. The topological polar surface area (TPSA) is 58.6 Å². The minimum absolute atomic E-state index is 0.0341. The molecule has 1 N–H and O–H groups in total. The number of carbonyl (C=O) groups excluding carboxylic acids is 2. The lowest BCUT2D eigenvalue weighted by atomic mass is 10.1. The van der Waals surface area contributed by atoms with Crippen LogP contribution in [0.25, 0.3) is 0 Å². The summed E-state index contributed by atoms with van der Waals surface area (Å²) in [5, 5.41) is 2.86. The highest BCUT2D eigenvalue weighted by atomic mass is 16.5. The lowest BCUT2D eigenvalue weighted by molar-refractivity contribution is -0.123. The number of carbonyl (C=O) groups is 2. The smallest absolute Gasteiger partial charge is 0.240 e. The van der Waals surface area contributed by atoms with Crippen LogP contribution in [0.15, 0.2) is 18.2 Å². The summed E-state index contributed by atoms with van der Waals surface area (Å²) in [6.45, 7) is 6.75. The fraction of sp³-hybridized carbons (Fsp3) is 0.529. The Balaban J connectivity index is 2.00. The normalized spacial score (nSPS) is 17.3. The average molecular weight is 304 g/mol. The summed E-state index contributed by atoms with van der Waals surface area (Å²) in [5.41, 5.74) is 2.91. The van der Waals surface area contributed by atoms with Crippen molar-refractivity contribution in [3.05, 3.63) is 29.3 Å². The second-order valence-corrected chi connectivity index (χ2v) is 5.76. The van der Waals surface area contributed by atoms with Gasteiger partial charge in [0.1, 0.15) is 6.54 Å². The Bertz CT molecular complexity index is 551. The molecule has 1 heterocycles. The first-order chi connectivity index (χ1) is 10.5. The summed E-state index contributed by atoms with van der Waals surface area (Å²) in [6.07, 6.45) is 2.13. The standard InChI is InChI=1S/C17H24N2O3/c1-12-6-4-8-16(13(12)2)19(14(3)20)11-17(21)18-10-15-7-5-9-22-15/h4,6,8,15H,5,7,9-11H2,1-3H3,(H,18,21). The van der Waals surface area contributed by atoms with Crippen LogP contribution in [0, 0.1) is 13.8 Å². The van der Waals surface area contributed by atoms with E-state index < -0.39 is 0 Å². The van der Waals surface area contributed by atoms with Crippen LogP contribution in [0.5, 0.6) is 0 Å². The molecule has 120 valence electrons. The van der Waals surface area contributed by atoms with E-state index in [4.69, 9.17) is 4.74 Å². The van der Waals surface area contributed by atoms with Gasteiger partial charge in [0, 0.05) is 25.8 Å². The third-order valence-electron chi connectivity index (χ3n) is 4.10. The van der Waals surface area contributed by atoms with E-state index in [0.29, 0.717) is 6.54 Å². The number of ether oxygens (including phenoxy) is 1. The molecule has 0 aromatic heterocycles. The molecule has 2 amide bonds. The molecule has 0 spiro atoms. The molecule has 1 aromatic carbocycles. The van der Waals surface area contributed by atoms with Crippen molar-refractivity contribution < 1.29 is 14.3 Å². The number of amides is 2. The summed E-state index contributed by atoms with van der Waals surface area (Å²) < 4.78 is 5.48. The largest absolute Gasteiger partial charge is 0.376 e. The van der Waals surface area contributed by atoms with Crippen molar-refractivity contribution >= 4 is 17.5 Å². The van der Waals surface area contributed by atoms with E-state index in [2.05, 4.69) is 5.32 Å². The van der Waals surface area contributed by atoms with Gasteiger partial charge in [0.15, 0.2) is 0 Å². The van der Waals surface area contributed by atoms with Crippen LogP contribution in [0.4, 0.5) is 5.69 Å². The molecule has 1 aromatic rings. The molecule has 0 saturated carbocycles. The molecular weight excluding hydrogens is 280 g/mol. The third-order valence-corrected chi connectivity index (χ3v) is 4.10. The predicted octanol–water partition coefficient (Wildman–Crippen LogP) is 1.95. The van der Waals surface area contributed by atoms with Crippen LogP contribution in [0.2, 0.25) is 0 Å². The van der Waals surface area contributed by atoms with Crippen molar-refractivity contribution in [1.29, 1.82) is 0 Å². The van der Waals surface area contributed by atoms with Gasteiger partial charge in [-0.05, 0) is 43.9 Å². The summed E-state index contributed by atoms with van der Waals surface area (Å²) in [4.78, 5) is 25.6. The van der Waals surface area contributed by atoms with Gasteiger partial charge in [0.2, 0.25) is 11.8 Å². The maximum absolute atomic E-state index is 12.1. The number of benzene rings is 1. The maximum atomic E-state index is 12.1. The Labute approximate surface area is 131 Å². The molecule has 1 fully saturated rings. The zero-order valence-corrected chi connectivity index (χ0v) is 13.5. The molecule has 5 nitrogen and oxygen atoms in total. The van der Waals surface area contributed by atoms with Crippen molar-refractivity contribution in [1.82, 2.24) is 5.32 Å². The first-order valence-electron chi connectivity index (χ1n) is 7.71. The summed E-state index contributed by atoms with van der Waals surface area (Å²) in [5.74, 6) is -0.299. The van der Waals surface area contributed by atoms with Gasteiger partial charge < -0.3 is 15.0 Å². The zero-order valence-electron chi connectivity index (χ0n) is 13.5. The quantitative estimate of drug-likeness (QED) is 0.904. The van der Waals surface area contributed by atoms with Gasteiger partial charge in [-0.3, -0.25) is 9.59 Å². The van der Waals surface area contributed by atoms with Crippen LogP contribution < -0.4 is 10.2 Å². The number of rotatable bonds is 5. The van der Waals surface area contributed by atoms with Crippen LogP contribution >= 0.6 is 0 Å². The molecule has 1 saturated heterocycles. The molecule has 0 aliphatic carbocycles. The first kappa shape index (κ1) is 16.5. The Kier molecular flexibility index (Phi) is 5.55. The van der Waals surface area contributed by atoms with E-state index in [0.717, 1.165) is 36.3 Å². The van der Waals surface area contributed by atoms with Crippen LogP contribution in [0.1, 0.15) is 30.9 Å². The van der Waals surface area contributed by atoms with Crippen LogP contribution in [-0.2, 0) is 14.3 Å². The van der Waals surface area contributed by atoms with Crippen LogP contribution in [-0.4, -0.2) is 37.6 Å². The minimum Gasteiger partial charge on any atom is -0.376 e. The number of nitrogens with zero attached hydrogens (tertiary/aromatic N) is 1. The lowest BCUT2D eigenvalue weighted by Gasteiger charge is -2.23. The fourth-order valence-corrected chi connectivity index (χ4v) is 2.63. The Hall–Kier alpha value is -1.88. The highest BCUT2D eigenvalue weighted by Gasteiger charge is 2.20. The molecule has 1 unspecified atom stereocenters. The van der Waals surface area contributed by atoms with Crippen LogP contribution in [0.3, 0.4) is 0 Å². The number of hydrogen-bond acceptors (Lipinski definition) is 3.